The molecule has 0 spiro atoms. The predicted octanol–water partition coefficient (Wildman–Crippen LogP) is 0.594. The molecule has 1 atom stereocenters. The Balaban J connectivity index is 2.33. The number of hydrogen-bond donors (Lipinski definition) is 1. The highest BCUT2D eigenvalue weighted by Crippen LogP contribution is 2.16. The Bertz CT molecular complexity index is 159. The van der Waals surface area contributed by atoms with Gasteiger partial charge < -0.3 is 10.6 Å². The number of nitrogens with two attached hydrogens (primary N) is 1. The van der Waals surface area contributed by atoms with Crippen molar-refractivity contribution in [1.29, 1.82) is 0 Å². The number of rotatable bonds is 3. The minimum atomic E-state index is 0.307. The Kier molecular flexibility index (Phi) is 3.53. The molecular formula is C9H18N2O. The molecule has 1 unspecified atom stereocenters. The molecule has 2 N–H and O–H groups in total. The fourth-order valence-corrected chi connectivity index (χ4v) is 1.60. The highest BCUT2D eigenvalue weighted by Gasteiger charge is 2.21. The molecule has 0 aromatic rings. The topological polar surface area (TPSA) is 46.3 Å². The molecule has 3 heteroatoms. The summed E-state index contributed by atoms with van der Waals surface area (Å²) in [5.74, 6) is 0.974. The first-order chi connectivity index (χ1) is 5.74. The molecule has 0 aromatic heterocycles. The summed E-state index contributed by atoms with van der Waals surface area (Å²) >= 11 is 0. The van der Waals surface area contributed by atoms with E-state index in [1.165, 1.54) is 0 Å². The van der Waals surface area contributed by atoms with E-state index < -0.39 is 0 Å². The second kappa shape index (κ2) is 4.45. The molecule has 1 amide bonds. The van der Waals surface area contributed by atoms with E-state index in [4.69, 9.17) is 5.73 Å². The van der Waals surface area contributed by atoms with Gasteiger partial charge in [-0.05, 0) is 25.3 Å². The fraction of sp³-hybridized carbons (Fsp3) is 0.889. The average molecular weight is 170 g/mol. The summed E-state index contributed by atoms with van der Waals surface area (Å²) in [6.45, 7) is 4.65. The lowest BCUT2D eigenvalue weighted by molar-refractivity contribution is -0.134. The molecule has 12 heavy (non-hydrogen) atoms. The maximum absolute atomic E-state index is 11.3. The normalized spacial score (nSPS) is 24.7. The molecule has 0 aromatic carbocycles. The number of piperidine rings is 1. The molecule has 1 aliphatic heterocycles. The molecule has 1 fully saturated rings. The Labute approximate surface area is 73.9 Å². The average Bonchev–Trinajstić information content (AvgIpc) is 2.07. The molecule has 1 rings (SSSR count). The number of carbonyl (C=O) groups excluding carboxylic acids is 1. The third kappa shape index (κ3) is 2.48. The summed E-state index contributed by atoms with van der Waals surface area (Å²) in [4.78, 5) is 13.3. The van der Waals surface area contributed by atoms with E-state index >= 15 is 0 Å². The molecule has 1 aliphatic rings. The van der Waals surface area contributed by atoms with Crippen LogP contribution in [-0.4, -0.2) is 30.4 Å². The van der Waals surface area contributed by atoms with Crippen LogP contribution in [0.15, 0.2) is 0 Å². The van der Waals surface area contributed by atoms with Crippen LogP contribution < -0.4 is 5.73 Å². The molecule has 3 nitrogen and oxygen atoms in total. The van der Waals surface area contributed by atoms with Gasteiger partial charge in [0.05, 0.1) is 0 Å². The van der Waals surface area contributed by atoms with E-state index in [0.717, 1.165) is 32.4 Å². The number of amides is 1. The Morgan fingerprint density at radius 1 is 1.67 bits per heavy atom. The van der Waals surface area contributed by atoms with Crippen molar-refractivity contribution in [3.05, 3.63) is 0 Å². The standard InChI is InChI=1S/C9H18N2O/c1-8-3-4-9(12)11(7-8)6-2-5-10/h8H,2-7,10H2,1H3. The van der Waals surface area contributed by atoms with E-state index in [1.807, 2.05) is 4.90 Å². The smallest absolute Gasteiger partial charge is 0.222 e. The molecule has 70 valence electrons. The maximum Gasteiger partial charge on any atom is 0.222 e. The molecule has 1 heterocycles. The first kappa shape index (κ1) is 9.52. The second-order valence-electron chi connectivity index (χ2n) is 3.63. The summed E-state index contributed by atoms with van der Waals surface area (Å²) in [7, 11) is 0. The van der Waals surface area contributed by atoms with Gasteiger partial charge in [0.1, 0.15) is 0 Å². The van der Waals surface area contributed by atoms with Crippen LogP contribution >= 0.6 is 0 Å². The van der Waals surface area contributed by atoms with Crippen molar-refractivity contribution in [2.24, 2.45) is 11.7 Å². The van der Waals surface area contributed by atoms with Crippen LogP contribution in [0.3, 0.4) is 0 Å². The van der Waals surface area contributed by atoms with Crippen LogP contribution in [0, 0.1) is 5.92 Å². The van der Waals surface area contributed by atoms with Crippen LogP contribution in [0.25, 0.3) is 0 Å². The van der Waals surface area contributed by atoms with Gasteiger partial charge in [0.15, 0.2) is 0 Å². The van der Waals surface area contributed by atoms with Crippen molar-refractivity contribution < 1.29 is 4.79 Å². The van der Waals surface area contributed by atoms with Gasteiger partial charge in [0, 0.05) is 19.5 Å². The van der Waals surface area contributed by atoms with Gasteiger partial charge in [0.25, 0.3) is 0 Å². The van der Waals surface area contributed by atoms with Crippen LogP contribution in [0.5, 0.6) is 0 Å². The molecule has 0 radical (unpaired) electrons. The lowest BCUT2D eigenvalue weighted by Crippen LogP contribution is -2.40. The number of hydrogen-bond acceptors (Lipinski definition) is 2. The van der Waals surface area contributed by atoms with Gasteiger partial charge in [0.2, 0.25) is 5.91 Å². The fourth-order valence-electron chi connectivity index (χ4n) is 1.60. The van der Waals surface area contributed by atoms with E-state index in [9.17, 15) is 4.79 Å². The van der Waals surface area contributed by atoms with Crippen LogP contribution in [0.2, 0.25) is 0 Å². The highest BCUT2D eigenvalue weighted by atomic mass is 16.2. The van der Waals surface area contributed by atoms with Gasteiger partial charge in [-0.3, -0.25) is 4.79 Å². The predicted molar refractivity (Wildman–Crippen MR) is 48.6 cm³/mol. The zero-order valence-corrected chi connectivity index (χ0v) is 7.75. The quantitative estimate of drug-likeness (QED) is 0.674. The minimum Gasteiger partial charge on any atom is -0.342 e. The molecular weight excluding hydrogens is 152 g/mol. The number of carbonyl (C=O) groups is 1. The van der Waals surface area contributed by atoms with Gasteiger partial charge in [-0.2, -0.15) is 0 Å². The van der Waals surface area contributed by atoms with Crippen LogP contribution in [0.1, 0.15) is 26.2 Å². The van der Waals surface area contributed by atoms with Crippen LogP contribution in [-0.2, 0) is 4.79 Å². The maximum atomic E-state index is 11.3. The lowest BCUT2D eigenvalue weighted by atomic mass is 10.00. The third-order valence-electron chi connectivity index (χ3n) is 2.37. The lowest BCUT2D eigenvalue weighted by Gasteiger charge is -2.30. The summed E-state index contributed by atoms with van der Waals surface area (Å²) in [5, 5.41) is 0. The van der Waals surface area contributed by atoms with Gasteiger partial charge in [-0.15, -0.1) is 0 Å². The molecule has 0 aliphatic carbocycles. The summed E-state index contributed by atoms with van der Waals surface area (Å²) in [6, 6.07) is 0. The van der Waals surface area contributed by atoms with Crippen molar-refractivity contribution in [2.75, 3.05) is 19.6 Å². The van der Waals surface area contributed by atoms with Crippen molar-refractivity contribution in [3.8, 4) is 0 Å². The third-order valence-corrected chi connectivity index (χ3v) is 2.37. The molecule has 0 bridgehead atoms. The number of nitrogens with zero attached hydrogens (tertiary/aromatic N) is 1. The Morgan fingerprint density at radius 2 is 2.42 bits per heavy atom. The number of likely N-dealkylation sites (tertiary alicyclic amines) is 1. The van der Waals surface area contributed by atoms with E-state index in [-0.39, 0.29) is 0 Å². The van der Waals surface area contributed by atoms with E-state index in [2.05, 4.69) is 6.92 Å². The second-order valence-corrected chi connectivity index (χ2v) is 3.63. The largest absolute Gasteiger partial charge is 0.342 e. The van der Waals surface area contributed by atoms with E-state index in [1.54, 1.807) is 0 Å². The van der Waals surface area contributed by atoms with Gasteiger partial charge >= 0.3 is 0 Å². The first-order valence-corrected chi connectivity index (χ1v) is 4.72. The van der Waals surface area contributed by atoms with E-state index in [0.29, 0.717) is 18.4 Å². The SMILES string of the molecule is CC1CCC(=O)N(CCCN)C1. The first-order valence-electron chi connectivity index (χ1n) is 4.72. The van der Waals surface area contributed by atoms with Crippen molar-refractivity contribution in [3.63, 3.8) is 0 Å². The zero-order valence-electron chi connectivity index (χ0n) is 7.75. The molecule has 1 saturated heterocycles. The highest BCUT2D eigenvalue weighted by molar-refractivity contribution is 5.76. The zero-order chi connectivity index (χ0) is 8.97. The molecule has 0 saturated carbocycles. The van der Waals surface area contributed by atoms with Gasteiger partial charge in [-0.1, -0.05) is 6.92 Å². The monoisotopic (exact) mass is 170 g/mol. The van der Waals surface area contributed by atoms with Crippen LogP contribution in [0.4, 0.5) is 0 Å². The van der Waals surface area contributed by atoms with Crippen molar-refractivity contribution in [1.82, 2.24) is 4.90 Å². The summed E-state index contributed by atoms with van der Waals surface area (Å²) in [6.07, 6.45) is 2.71. The minimum absolute atomic E-state index is 0.307. The van der Waals surface area contributed by atoms with Crippen molar-refractivity contribution in [2.45, 2.75) is 26.2 Å². The Morgan fingerprint density at radius 3 is 3.08 bits per heavy atom. The Hall–Kier alpha value is -0.570. The van der Waals surface area contributed by atoms with Gasteiger partial charge in [-0.25, -0.2) is 0 Å². The summed E-state index contributed by atoms with van der Waals surface area (Å²) < 4.78 is 0. The van der Waals surface area contributed by atoms with Crippen molar-refractivity contribution >= 4 is 5.91 Å². The summed E-state index contributed by atoms with van der Waals surface area (Å²) in [5.41, 5.74) is 5.39.